The van der Waals surface area contributed by atoms with Crippen molar-refractivity contribution >= 4 is 16.7 Å². The van der Waals surface area contributed by atoms with E-state index in [0.29, 0.717) is 60.2 Å². The zero-order valence-corrected chi connectivity index (χ0v) is 22.0. The van der Waals surface area contributed by atoms with Crippen molar-refractivity contribution < 1.29 is 22.4 Å². The third-order valence-corrected chi connectivity index (χ3v) is 8.10. The number of fused-ring (bicyclic) bond motifs is 2. The summed E-state index contributed by atoms with van der Waals surface area (Å²) in [6.45, 7) is 2.96. The Labute approximate surface area is 232 Å². The fourth-order valence-corrected chi connectivity index (χ4v) is 6.01. The van der Waals surface area contributed by atoms with Gasteiger partial charge in [0.25, 0.3) is 11.5 Å². The molecule has 4 aromatic rings. The summed E-state index contributed by atoms with van der Waals surface area (Å²) in [5.74, 6) is -0.484. The van der Waals surface area contributed by atoms with Crippen LogP contribution in [0.15, 0.2) is 65.6 Å². The van der Waals surface area contributed by atoms with Gasteiger partial charge in [-0.3, -0.25) is 19.5 Å². The third kappa shape index (κ3) is 5.58. The number of H-pyrrole nitrogens is 1. The van der Waals surface area contributed by atoms with Crippen LogP contribution in [0.1, 0.15) is 39.3 Å². The van der Waals surface area contributed by atoms with E-state index in [2.05, 4.69) is 20.1 Å². The first-order valence-corrected chi connectivity index (χ1v) is 13.4. The van der Waals surface area contributed by atoms with E-state index in [1.54, 1.807) is 29.2 Å². The zero-order chi connectivity index (χ0) is 28.7. The molecule has 2 aromatic carbocycles. The number of carbonyl (C=O) groups excluding carboxylic acids is 1. The van der Waals surface area contributed by atoms with Gasteiger partial charge in [0.2, 0.25) is 0 Å². The lowest BCUT2D eigenvalue weighted by atomic mass is 9.88. The smallest absolute Gasteiger partial charge is 0.338 e. The number of likely N-dealkylation sites (tertiary alicyclic amines) is 2. The number of carbonyl (C=O) groups is 1. The number of hydrogen-bond acceptors (Lipinski definition) is 5. The predicted molar refractivity (Wildman–Crippen MR) is 144 cm³/mol. The lowest BCUT2D eigenvalue weighted by molar-refractivity contribution is -0.141. The van der Waals surface area contributed by atoms with Crippen LogP contribution in [0.2, 0.25) is 0 Å². The SMILES string of the molecule is O=C(c1cc(Cc2n[nH]c(=O)c3ccccc23)ccc1F)N1CC2CCN(Cc3ccc(C(F)(F)F)nc3)CC2C1. The number of benzene rings is 2. The van der Waals surface area contributed by atoms with E-state index in [4.69, 9.17) is 0 Å². The highest BCUT2D eigenvalue weighted by Crippen LogP contribution is 2.33. The molecule has 6 rings (SSSR count). The number of pyridine rings is 1. The maximum Gasteiger partial charge on any atom is 0.433 e. The standard InChI is InChI=1S/C30H27F4N5O2/c31-25-7-5-18(12-26-22-3-1-2-4-23(22)28(40)37-36-26)11-24(25)29(41)39-16-20-9-10-38(15-21(20)17-39)14-19-6-8-27(35-13-19)30(32,33)34/h1-8,11,13,20-21H,9-10,12,14-17H2,(H,37,40). The maximum absolute atomic E-state index is 14.9. The Morgan fingerprint density at radius 1 is 0.976 bits per heavy atom. The number of nitrogens with zero attached hydrogens (tertiary/aromatic N) is 4. The van der Waals surface area contributed by atoms with E-state index in [9.17, 15) is 27.2 Å². The number of amides is 1. The normalized spacial score (nSPS) is 19.5. The third-order valence-electron chi connectivity index (χ3n) is 8.10. The number of aromatic nitrogens is 3. The van der Waals surface area contributed by atoms with Crippen LogP contribution >= 0.6 is 0 Å². The first-order valence-electron chi connectivity index (χ1n) is 13.4. The van der Waals surface area contributed by atoms with Crippen molar-refractivity contribution in [2.75, 3.05) is 26.2 Å². The lowest BCUT2D eigenvalue weighted by Crippen LogP contribution is -2.39. The van der Waals surface area contributed by atoms with E-state index < -0.39 is 17.7 Å². The van der Waals surface area contributed by atoms with Gasteiger partial charge in [0, 0.05) is 44.2 Å². The summed E-state index contributed by atoms with van der Waals surface area (Å²) in [6, 6.07) is 14.0. The molecule has 2 fully saturated rings. The highest BCUT2D eigenvalue weighted by atomic mass is 19.4. The van der Waals surface area contributed by atoms with Crippen LogP contribution in [-0.4, -0.2) is 57.1 Å². The van der Waals surface area contributed by atoms with Gasteiger partial charge in [0.05, 0.1) is 16.6 Å². The molecule has 11 heteroatoms. The van der Waals surface area contributed by atoms with Crippen LogP contribution < -0.4 is 5.56 Å². The first-order chi connectivity index (χ1) is 19.7. The number of rotatable bonds is 5. The minimum atomic E-state index is -4.47. The Morgan fingerprint density at radius 2 is 1.73 bits per heavy atom. The molecule has 7 nitrogen and oxygen atoms in total. The van der Waals surface area contributed by atoms with Gasteiger partial charge in [-0.15, -0.1) is 0 Å². The van der Waals surface area contributed by atoms with E-state index in [0.717, 1.165) is 19.0 Å². The molecule has 1 N–H and O–H groups in total. The van der Waals surface area contributed by atoms with E-state index in [-0.39, 0.29) is 28.9 Å². The van der Waals surface area contributed by atoms with Crippen molar-refractivity contribution in [3.8, 4) is 0 Å². The molecule has 0 spiro atoms. The number of aromatic amines is 1. The number of piperidine rings is 1. The van der Waals surface area contributed by atoms with Gasteiger partial charge in [-0.25, -0.2) is 9.49 Å². The van der Waals surface area contributed by atoms with Gasteiger partial charge in [-0.1, -0.05) is 30.3 Å². The second kappa shape index (κ2) is 10.7. The summed E-state index contributed by atoms with van der Waals surface area (Å²) >= 11 is 0. The lowest BCUT2D eigenvalue weighted by Gasteiger charge is -2.34. The summed E-state index contributed by atoms with van der Waals surface area (Å²) in [7, 11) is 0. The molecule has 0 aliphatic carbocycles. The molecule has 2 atom stereocenters. The minimum absolute atomic E-state index is 0.00237. The maximum atomic E-state index is 14.9. The Kier molecular flexibility index (Phi) is 7.06. The Balaban J connectivity index is 1.13. The monoisotopic (exact) mass is 565 g/mol. The highest BCUT2D eigenvalue weighted by molar-refractivity contribution is 5.95. The minimum Gasteiger partial charge on any atom is -0.338 e. The van der Waals surface area contributed by atoms with Crippen molar-refractivity contribution in [1.29, 1.82) is 0 Å². The van der Waals surface area contributed by atoms with E-state index in [1.165, 1.54) is 18.3 Å². The number of hydrogen-bond donors (Lipinski definition) is 1. The van der Waals surface area contributed by atoms with Crippen molar-refractivity contribution in [2.45, 2.75) is 25.6 Å². The molecule has 41 heavy (non-hydrogen) atoms. The fraction of sp³-hybridized carbons (Fsp3) is 0.333. The molecule has 2 aliphatic heterocycles. The molecule has 0 saturated carbocycles. The number of alkyl halides is 3. The Hall–Kier alpha value is -4.12. The molecular formula is C30H27F4N5O2. The van der Waals surface area contributed by atoms with Crippen LogP contribution in [0.3, 0.4) is 0 Å². The second-order valence-corrected chi connectivity index (χ2v) is 10.8. The van der Waals surface area contributed by atoms with Crippen LogP contribution in [-0.2, 0) is 19.1 Å². The molecule has 1 amide bonds. The molecule has 0 radical (unpaired) electrons. The zero-order valence-electron chi connectivity index (χ0n) is 22.0. The summed E-state index contributed by atoms with van der Waals surface area (Å²) in [6.07, 6.45) is -2.05. The molecule has 2 aromatic heterocycles. The van der Waals surface area contributed by atoms with Crippen LogP contribution in [0.5, 0.6) is 0 Å². The molecule has 4 heterocycles. The Bertz CT molecular complexity index is 1650. The summed E-state index contributed by atoms with van der Waals surface area (Å²) in [5, 5.41) is 7.91. The molecule has 2 saturated heterocycles. The average Bonchev–Trinajstić information content (AvgIpc) is 3.39. The van der Waals surface area contributed by atoms with E-state index >= 15 is 0 Å². The van der Waals surface area contributed by atoms with Crippen molar-refractivity contribution in [2.24, 2.45) is 11.8 Å². The summed E-state index contributed by atoms with van der Waals surface area (Å²) in [4.78, 5) is 33.0. The second-order valence-electron chi connectivity index (χ2n) is 10.8. The predicted octanol–water partition coefficient (Wildman–Crippen LogP) is 4.66. The average molecular weight is 566 g/mol. The fourth-order valence-electron chi connectivity index (χ4n) is 6.01. The van der Waals surface area contributed by atoms with Crippen molar-refractivity contribution in [3.05, 3.63) is 105 Å². The van der Waals surface area contributed by atoms with Gasteiger partial charge in [0.15, 0.2) is 0 Å². The van der Waals surface area contributed by atoms with Crippen LogP contribution in [0.25, 0.3) is 10.8 Å². The van der Waals surface area contributed by atoms with Crippen molar-refractivity contribution in [1.82, 2.24) is 25.0 Å². The topological polar surface area (TPSA) is 82.2 Å². The van der Waals surface area contributed by atoms with Crippen molar-refractivity contribution in [3.63, 3.8) is 0 Å². The van der Waals surface area contributed by atoms with Gasteiger partial charge >= 0.3 is 6.18 Å². The summed E-state index contributed by atoms with van der Waals surface area (Å²) < 4.78 is 53.4. The van der Waals surface area contributed by atoms with Crippen LogP contribution in [0, 0.1) is 17.7 Å². The van der Waals surface area contributed by atoms with Gasteiger partial charge in [-0.2, -0.15) is 18.3 Å². The highest BCUT2D eigenvalue weighted by Gasteiger charge is 2.39. The number of nitrogens with one attached hydrogen (secondary N) is 1. The molecule has 0 bridgehead atoms. The van der Waals surface area contributed by atoms with Gasteiger partial charge in [-0.05, 0) is 60.2 Å². The number of halogens is 4. The largest absolute Gasteiger partial charge is 0.433 e. The Morgan fingerprint density at radius 3 is 2.49 bits per heavy atom. The van der Waals surface area contributed by atoms with Gasteiger partial charge < -0.3 is 4.90 Å². The summed E-state index contributed by atoms with van der Waals surface area (Å²) in [5.41, 5.74) is 0.829. The van der Waals surface area contributed by atoms with E-state index in [1.807, 2.05) is 12.1 Å². The van der Waals surface area contributed by atoms with Gasteiger partial charge in [0.1, 0.15) is 11.5 Å². The molecule has 2 unspecified atom stereocenters. The molecule has 2 aliphatic rings. The molecule has 212 valence electrons. The quantitative estimate of drug-likeness (QED) is 0.356. The van der Waals surface area contributed by atoms with Crippen LogP contribution in [0.4, 0.5) is 17.6 Å². The molecular weight excluding hydrogens is 538 g/mol. The first kappa shape index (κ1) is 27.1.